The molecule has 0 heterocycles. The van der Waals surface area contributed by atoms with Gasteiger partial charge in [-0.1, -0.05) is 90.4 Å². The van der Waals surface area contributed by atoms with Crippen molar-refractivity contribution in [2.75, 3.05) is 54.1 Å². The molecule has 1 unspecified atom stereocenters. The summed E-state index contributed by atoms with van der Waals surface area (Å²) in [5, 5.41) is 9.40. The Balaban J connectivity index is 3.56. The highest BCUT2D eigenvalue weighted by Crippen LogP contribution is 2.43. The van der Waals surface area contributed by atoms with Crippen molar-refractivity contribution in [1.82, 2.24) is 0 Å². The van der Waals surface area contributed by atoms with Crippen molar-refractivity contribution in [2.45, 2.75) is 103 Å². The highest BCUT2D eigenvalue weighted by atomic mass is 31.2. The predicted molar refractivity (Wildman–Crippen MR) is 132 cm³/mol. The van der Waals surface area contributed by atoms with E-state index in [0.717, 1.165) is 12.8 Å². The molecule has 0 saturated heterocycles. The van der Waals surface area contributed by atoms with E-state index in [2.05, 4.69) is 6.92 Å². The normalized spacial score (nSPS) is 15.1. The van der Waals surface area contributed by atoms with Crippen LogP contribution in [0.2, 0.25) is 0 Å². The van der Waals surface area contributed by atoms with Crippen LogP contribution in [0.15, 0.2) is 0 Å². The fraction of sp³-hybridized carbons (Fsp3) is 1.00. The molecule has 194 valence electrons. The first-order valence-electron chi connectivity index (χ1n) is 12.8. The number of likely N-dealkylation sites (N-methyl/N-ethyl adjacent to an activating group) is 1. The Kier molecular flexibility index (Phi) is 20.4. The molecule has 2 atom stereocenters. The van der Waals surface area contributed by atoms with Crippen LogP contribution in [0.1, 0.15) is 96.8 Å². The molecule has 7 nitrogen and oxygen atoms in total. The maximum atomic E-state index is 11.9. The van der Waals surface area contributed by atoms with Crippen molar-refractivity contribution >= 4 is 7.82 Å². The highest BCUT2D eigenvalue weighted by molar-refractivity contribution is 7.47. The molecule has 0 aliphatic rings. The average molecular weight is 483 g/mol. The van der Waals surface area contributed by atoms with Gasteiger partial charge in [-0.2, -0.15) is 0 Å². The summed E-state index contributed by atoms with van der Waals surface area (Å²) < 4.78 is 28.0. The van der Waals surface area contributed by atoms with Crippen molar-refractivity contribution in [3.8, 4) is 0 Å². The summed E-state index contributed by atoms with van der Waals surface area (Å²) in [6.07, 6.45) is 17.6. The number of quaternary nitrogens is 1. The van der Waals surface area contributed by atoms with Crippen molar-refractivity contribution in [3.05, 3.63) is 0 Å². The van der Waals surface area contributed by atoms with Crippen LogP contribution in [0, 0.1) is 0 Å². The van der Waals surface area contributed by atoms with Crippen molar-refractivity contribution in [1.29, 1.82) is 0 Å². The first kappa shape index (κ1) is 32.0. The quantitative estimate of drug-likeness (QED) is 0.105. The van der Waals surface area contributed by atoms with Gasteiger partial charge in [-0.25, -0.2) is 4.57 Å². The van der Waals surface area contributed by atoms with Crippen LogP contribution < -0.4 is 0 Å². The molecule has 0 radical (unpaired) electrons. The topological polar surface area (TPSA) is 85.2 Å². The van der Waals surface area contributed by atoms with Crippen molar-refractivity contribution in [2.24, 2.45) is 0 Å². The smallest absolute Gasteiger partial charge is 0.394 e. The molecule has 0 aromatic carbocycles. The summed E-state index contributed by atoms with van der Waals surface area (Å²) in [5.41, 5.74) is 0. The molecule has 8 heteroatoms. The SMILES string of the molecule is CCCCCCCCCCCCCCCCO[C@H](CO)COP(=O)(O)OCC[N+](C)(C)C. The van der Waals surface area contributed by atoms with Gasteiger partial charge < -0.3 is 19.2 Å². The Morgan fingerprint density at radius 2 is 1.22 bits per heavy atom. The summed E-state index contributed by atoms with van der Waals surface area (Å²) in [5.74, 6) is 0. The molecule has 0 spiro atoms. The zero-order valence-corrected chi connectivity index (χ0v) is 22.3. The van der Waals surface area contributed by atoms with Gasteiger partial charge in [0.15, 0.2) is 0 Å². The number of hydrogen-bond acceptors (Lipinski definition) is 5. The van der Waals surface area contributed by atoms with E-state index in [-0.39, 0.29) is 19.8 Å². The second-order valence-electron chi connectivity index (χ2n) is 9.88. The third-order valence-electron chi connectivity index (χ3n) is 5.50. The van der Waals surface area contributed by atoms with Gasteiger partial charge >= 0.3 is 7.82 Å². The van der Waals surface area contributed by atoms with Crippen LogP contribution in [0.5, 0.6) is 0 Å². The van der Waals surface area contributed by atoms with Gasteiger partial charge in [0.25, 0.3) is 0 Å². The third-order valence-corrected chi connectivity index (χ3v) is 6.48. The minimum atomic E-state index is -4.12. The molecule has 0 fully saturated rings. The lowest BCUT2D eigenvalue weighted by Gasteiger charge is -2.24. The Labute approximate surface area is 198 Å². The number of hydrogen-bond donors (Lipinski definition) is 2. The molecule has 0 saturated carbocycles. The molecule has 0 aliphatic carbocycles. The van der Waals surface area contributed by atoms with Crippen LogP contribution in [-0.4, -0.2) is 74.7 Å². The third kappa shape index (κ3) is 23.2. The average Bonchev–Trinajstić information content (AvgIpc) is 2.72. The van der Waals surface area contributed by atoms with E-state index >= 15 is 0 Å². The summed E-state index contributed by atoms with van der Waals surface area (Å²) in [4.78, 5) is 9.73. The van der Waals surface area contributed by atoms with Gasteiger partial charge in [-0.3, -0.25) is 9.05 Å². The van der Waals surface area contributed by atoms with Gasteiger partial charge in [0, 0.05) is 6.61 Å². The van der Waals surface area contributed by atoms with Gasteiger partial charge in [0.05, 0.1) is 34.4 Å². The maximum absolute atomic E-state index is 11.9. The lowest BCUT2D eigenvalue weighted by Crippen LogP contribution is -2.37. The zero-order chi connectivity index (χ0) is 24.1. The highest BCUT2D eigenvalue weighted by Gasteiger charge is 2.24. The Bertz CT molecular complexity index is 458. The van der Waals surface area contributed by atoms with Crippen molar-refractivity contribution in [3.63, 3.8) is 0 Å². The zero-order valence-electron chi connectivity index (χ0n) is 21.4. The van der Waals surface area contributed by atoms with Gasteiger partial charge in [-0.05, 0) is 6.42 Å². The Hall–Kier alpha value is -0.0100. The van der Waals surface area contributed by atoms with E-state index in [9.17, 15) is 14.6 Å². The molecule has 2 N–H and O–H groups in total. The summed E-state index contributed by atoms with van der Waals surface area (Å²) in [6, 6.07) is 0. The van der Waals surface area contributed by atoms with Crippen LogP contribution in [0.3, 0.4) is 0 Å². The molecule has 0 rings (SSSR count). The predicted octanol–water partition coefficient (Wildman–Crippen LogP) is 5.69. The van der Waals surface area contributed by atoms with Gasteiger partial charge in [-0.15, -0.1) is 0 Å². The Morgan fingerprint density at radius 3 is 1.66 bits per heavy atom. The van der Waals surface area contributed by atoms with E-state index < -0.39 is 13.9 Å². The molecule has 0 aromatic rings. The van der Waals surface area contributed by atoms with E-state index in [1.165, 1.54) is 77.0 Å². The molecule has 0 bridgehead atoms. The first-order valence-corrected chi connectivity index (χ1v) is 14.3. The molecule has 0 aromatic heterocycles. The second-order valence-corrected chi connectivity index (χ2v) is 11.3. The fourth-order valence-electron chi connectivity index (χ4n) is 3.34. The minimum absolute atomic E-state index is 0.126. The number of ether oxygens (including phenoxy) is 1. The lowest BCUT2D eigenvalue weighted by atomic mass is 10.0. The van der Waals surface area contributed by atoms with Crippen LogP contribution >= 0.6 is 7.82 Å². The number of aliphatic hydroxyl groups excluding tert-OH is 1. The fourth-order valence-corrected chi connectivity index (χ4v) is 4.09. The van der Waals surface area contributed by atoms with E-state index in [4.69, 9.17) is 13.8 Å². The molecular weight excluding hydrogens is 429 g/mol. The van der Waals surface area contributed by atoms with Crippen LogP contribution in [-0.2, 0) is 18.3 Å². The number of rotatable bonds is 24. The summed E-state index contributed by atoms with van der Waals surface area (Å²) in [6.45, 7) is 3.08. The second kappa shape index (κ2) is 20.4. The number of unbranched alkanes of at least 4 members (excludes halogenated alkanes) is 13. The number of nitrogens with zero attached hydrogens (tertiary/aromatic N) is 1. The largest absolute Gasteiger partial charge is 0.472 e. The summed E-state index contributed by atoms with van der Waals surface area (Å²) in [7, 11) is 1.79. The molecule has 0 aliphatic heterocycles. The first-order chi connectivity index (χ1) is 15.2. The van der Waals surface area contributed by atoms with E-state index in [1.54, 1.807) is 0 Å². The number of phosphoric ester groups is 1. The molecular formula is C24H53NO6P+. The number of aliphatic hydroxyl groups is 1. The van der Waals surface area contributed by atoms with Crippen LogP contribution in [0.4, 0.5) is 0 Å². The molecule has 32 heavy (non-hydrogen) atoms. The summed E-state index contributed by atoms with van der Waals surface area (Å²) >= 11 is 0. The Morgan fingerprint density at radius 1 is 0.750 bits per heavy atom. The maximum Gasteiger partial charge on any atom is 0.472 e. The van der Waals surface area contributed by atoms with Gasteiger partial charge in [0.2, 0.25) is 0 Å². The molecule has 0 amide bonds. The monoisotopic (exact) mass is 482 g/mol. The van der Waals surface area contributed by atoms with E-state index in [0.29, 0.717) is 17.6 Å². The van der Waals surface area contributed by atoms with Crippen LogP contribution in [0.25, 0.3) is 0 Å². The minimum Gasteiger partial charge on any atom is -0.394 e. The number of phosphoric acid groups is 1. The standard InChI is InChI=1S/C24H52NO6P/c1-5-6-7-8-9-10-11-12-13-14-15-16-17-18-20-29-24(22-26)23-31-32(27,28)30-21-19-25(2,3)4/h24,26H,5-23H2,1-4H3/p+1/t24-/m1/s1. The van der Waals surface area contributed by atoms with E-state index in [1.807, 2.05) is 21.1 Å². The van der Waals surface area contributed by atoms with Crippen molar-refractivity contribution < 1.29 is 32.8 Å². The lowest BCUT2D eigenvalue weighted by molar-refractivity contribution is -0.870. The van der Waals surface area contributed by atoms with Gasteiger partial charge in [0.1, 0.15) is 19.3 Å².